The number of alkyl halides is 6. The Labute approximate surface area is 182 Å². The van der Waals surface area contributed by atoms with Gasteiger partial charge in [0.05, 0.1) is 18.2 Å². The zero-order valence-corrected chi connectivity index (χ0v) is 17.3. The van der Waals surface area contributed by atoms with Crippen molar-refractivity contribution in [2.45, 2.75) is 37.7 Å². The highest BCUT2D eigenvalue weighted by molar-refractivity contribution is 5.69. The van der Waals surface area contributed by atoms with E-state index in [0.717, 1.165) is 24.3 Å². The van der Waals surface area contributed by atoms with Gasteiger partial charge in [-0.3, -0.25) is 9.69 Å². The molecule has 0 N–H and O–H groups in total. The molecule has 1 aliphatic rings. The van der Waals surface area contributed by atoms with Crippen LogP contribution in [0.3, 0.4) is 0 Å². The van der Waals surface area contributed by atoms with Crippen molar-refractivity contribution in [3.05, 3.63) is 70.8 Å². The number of halogens is 6. The molecule has 2 aromatic rings. The fourth-order valence-electron chi connectivity index (χ4n) is 4.19. The number of carbonyl (C=O) groups excluding carboxylic acids is 1. The summed E-state index contributed by atoms with van der Waals surface area (Å²) in [4.78, 5) is 13.7. The van der Waals surface area contributed by atoms with Crippen molar-refractivity contribution < 1.29 is 35.9 Å². The number of likely N-dealkylation sites (tertiary alicyclic amines) is 1. The van der Waals surface area contributed by atoms with Gasteiger partial charge in [-0.15, -0.1) is 0 Å². The molecular weight excluding hydrogens is 436 g/mol. The van der Waals surface area contributed by atoms with Crippen molar-refractivity contribution in [1.29, 1.82) is 0 Å². The number of hydrogen-bond acceptors (Lipinski definition) is 3. The van der Waals surface area contributed by atoms with E-state index >= 15 is 0 Å². The minimum atomic E-state index is -4.45. The molecule has 0 bridgehead atoms. The third-order valence-electron chi connectivity index (χ3n) is 5.67. The van der Waals surface area contributed by atoms with Gasteiger partial charge in [0.2, 0.25) is 0 Å². The molecule has 3 rings (SSSR count). The van der Waals surface area contributed by atoms with Gasteiger partial charge in [0, 0.05) is 26.1 Å². The first-order chi connectivity index (χ1) is 15.0. The Morgan fingerprint density at radius 1 is 0.969 bits per heavy atom. The predicted octanol–water partition coefficient (Wildman–Crippen LogP) is 5.89. The Balaban J connectivity index is 1.81. The van der Waals surface area contributed by atoms with Crippen molar-refractivity contribution in [3.8, 4) is 0 Å². The number of benzene rings is 2. The van der Waals surface area contributed by atoms with E-state index in [1.54, 1.807) is 6.07 Å². The third kappa shape index (κ3) is 6.25. The Morgan fingerprint density at radius 2 is 1.62 bits per heavy atom. The predicted molar refractivity (Wildman–Crippen MR) is 106 cm³/mol. The maximum atomic E-state index is 13.0. The van der Waals surface area contributed by atoms with E-state index in [1.165, 1.54) is 25.3 Å². The van der Waals surface area contributed by atoms with Crippen molar-refractivity contribution >= 4 is 5.97 Å². The smallest absolute Gasteiger partial charge is 0.416 e. The molecule has 1 heterocycles. The maximum absolute atomic E-state index is 13.0. The van der Waals surface area contributed by atoms with Gasteiger partial charge >= 0.3 is 18.3 Å². The summed E-state index contributed by atoms with van der Waals surface area (Å²) in [6.07, 6.45) is -8.19. The second kappa shape index (κ2) is 9.52. The molecule has 2 atom stereocenters. The molecule has 0 aromatic heterocycles. The topological polar surface area (TPSA) is 29.5 Å². The summed E-state index contributed by atoms with van der Waals surface area (Å²) in [5.41, 5.74) is -0.312. The monoisotopic (exact) mass is 459 g/mol. The molecule has 1 aliphatic heterocycles. The number of esters is 1. The summed E-state index contributed by atoms with van der Waals surface area (Å²) >= 11 is 0. The first kappa shape index (κ1) is 24.1. The van der Waals surface area contributed by atoms with E-state index in [2.05, 4.69) is 0 Å². The van der Waals surface area contributed by atoms with Crippen LogP contribution in [-0.2, 0) is 28.4 Å². The van der Waals surface area contributed by atoms with Gasteiger partial charge in [-0.05, 0) is 47.6 Å². The van der Waals surface area contributed by atoms with Crippen molar-refractivity contribution in [1.82, 2.24) is 4.90 Å². The van der Waals surface area contributed by atoms with Gasteiger partial charge in [-0.1, -0.05) is 30.3 Å². The molecule has 9 heteroatoms. The fourth-order valence-corrected chi connectivity index (χ4v) is 4.19. The molecule has 0 amide bonds. The lowest BCUT2D eigenvalue weighted by Gasteiger charge is -2.38. The van der Waals surface area contributed by atoms with Crippen LogP contribution in [0.4, 0.5) is 26.3 Å². The van der Waals surface area contributed by atoms with Crippen LogP contribution < -0.4 is 0 Å². The highest BCUT2D eigenvalue weighted by Crippen LogP contribution is 2.36. The lowest BCUT2D eigenvalue weighted by molar-refractivity contribution is -0.142. The first-order valence-electron chi connectivity index (χ1n) is 10.1. The van der Waals surface area contributed by atoms with Crippen molar-refractivity contribution in [2.75, 3.05) is 20.2 Å². The first-order valence-corrected chi connectivity index (χ1v) is 10.1. The summed E-state index contributed by atoms with van der Waals surface area (Å²) in [5, 5.41) is 0. The molecule has 0 aliphatic carbocycles. The maximum Gasteiger partial charge on any atom is 0.416 e. The minimum Gasteiger partial charge on any atom is -0.469 e. The molecule has 0 saturated carbocycles. The van der Waals surface area contributed by atoms with Crippen LogP contribution in [0, 0.1) is 5.92 Å². The van der Waals surface area contributed by atoms with Gasteiger partial charge in [-0.2, -0.15) is 26.3 Å². The Bertz CT molecular complexity index is 923. The van der Waals surface area contributed by atoms with E-state index in [-0.39, 0.29) is 24.8 Å². The Kier molecular flexibility index (Phi) is 7.17. The van der Waals surface area contributed by atoms with Crippen molar-refractivity contribution in [3.63, 3.8) is 0 Å². The Morgan fingerprint density at radius 3 is 2.22 bits per heavy atom. The summed E-state index contributed by atoms with van der Waals surface area (Å²) in [6.45, 7) is 1.17. The highest BCUT2D eigenvalue weighted by atomic mass is 19.4. The molecule has 0 spiro atoms. The van der Waals surface area contributed by atoms with Gasteiger partial charge in [0.1, 0.15) is 0 Å². The highest BCUT2D eigenvalue weighted by Gasteiger charge is 2.33. The van der Waals surface area contributed by atoms with Crippen molar-refractivity contribution in [2.24, 2.45) is 5.92 Å². The van der Waals surface area contributed by atoms with Gasteiger partial charge < -0.3 is 4.74 Å². The number of methoxy groups -OCH3 is 1. The second-order valence-corrected chi connectivity index (χ2v) is 8.09. The average molecular weight is 459 g/mol. The van der Waals surface area contributed by atoms with Gasteiger partial charge in [-0.25, -0.2) is 0 Å². The number of nitrogens with zero attached hydrogens (tertiary/aromatic N) is 1. The summed E-state index contributed by atoms with van der Waals surface area (Å²) in [6, 6.07) is 9.95. The lowest BCUT2D eigenvalue weighted by Crippen LogP contribution is -2.40. The molecule has 174 valence electrons. The number of piperidine rings is 1. The van der Waals surface area contributed by atoms with E-state index in [4.69, 9.17) is 4.74 Å². The lowest BCUT2D eigenvalue weighted by atomic mass is 9.82. The van der Waals surface area contributed by atoms with Crippen LogP contribution in [0.15, 0.2) is 48.5 Å². The zero-order valence-electron chi connectivity index (χ0n) is 17.3. The fraction of sp³-hybridized carbons (Fsp3) is 0.435. The zero-order chi connectivity index (χ0) is 23.5. The second-order valence-electron chi connectivity index (χ2n) is 8.09. The van der Waals surface area contributed by atoms with Gasteiger partial charge in [0.15, 0.2) is 0 Å². The third-order valence-corrected chi connectivity index (χ3v) is 5.67. The van der Waals surface area contributed by atoms with Crippen LogP contribution >= 0.6 is 0 Å². The number of ether oxygens (including phenoxy) is 1. The Hall–Kier alpha value is -2.55. The molecule has 2 aromatic carbocycles. The van der Waals surface area contributed by atoms with Crippen LogP contribution in [0.25, 0.3) is 0 Å². The summed E-state index contributed by atoms with van der Waals surface area (Å²) in [7, 11) is 1.28. The average Bonchev–Trinajstić information content (AvgIpc) is 2.72. The summed E-state index contributed by atoms with van der Waals surface area (Å²) in [5.74, 6) is -0.692. The van der Waals surface area contributed by atoms with E-state index in [9.17, 15) is 31.1 Å². The molecule has 32 heavy (non-hydrogen) atoms. The standard InChI is InChI=1S/C23H23F6NO2/c1-32-21(31)11-16-9-18(17-5-7-19(8-6-17)22(24,25)26)14-30(13-16)12-15-3-2-4-20(10-15)23(27,28)29/h2-8,10,16,18H,9,11-14H2,1H3/t16-,18+/m0/s1. The largest absolute Gasteiger partial charge is 0.469 e. The summed E-state index contributed by atoms with van der Waals surface area (Å²) < 4.78 is 82.5. The molecule has 0 radical (unpaired) electrons. The number of carbonyl (C=O) groups is 1. The van der Waals surface area contributed by atoms with Crippen LogP contribution in [-0.4, -0.2) is 31.1 Å². The molecular formula is C23H23F6NO2. The molecule has 3 nitrogen and oxygen atoms in total. The van der Waals surface area contributed by atoms with Crippen LogP contribution in [0.2, 0.25) is 0 Å². The number of rotatable bonds is 5. The minimum absolute atomic E-state index is 0.130. The molecule has 1 fully saturated rings. The van der Waals surface area contributed by atoms with Gasteiger partial charge in [0.25, 0.3) is 0 Å². The van der Waals surface area contributed by atoms with E-state index in [1.807, 2.05) is 4.90 Å². The van der Waals surface area contributed by atoms with Crippen LogP contribution in [0.1, 0.15) is 41.0 Å². The van der Waals surface area contributed by atoms with E-state index < -0.39 is 29.4 Å². The normalized spacial score (nSPS) is 20.2. The SMILES string of the molecule is COC(=O)C[C@@H]1C[C@@H](c2ccc(C(F)(F)F)cc2)CN(Cc2cccc(C(F)(F)F)c2)C1. The molecule has 1 saturated heterocycles. The quantitative estimate of drug-likeness (QED) is 0.412. The number of hydrogen-bond donors (Lipinski definition) is 0. The van der Waals surface area contributed by atoms with Crippen LogP contribution in [0.5, 0.6) is 0 Å². The van der Waals surface area contributed by atoms with E-state index in [0.29, 0.717) is 30.6 Å². The molecule has 0 unspecified atom stereocenters.